The fourth-order valence-electron chi connectivity index (χ4n) is 3.89. The normalized spacial score (nSPS) is 12.5. The molecule has 0 bridgehead atoms. The molecule has 0 unspecified atom stereocenters. The summed E-state index contributed by atoms with van der Waals surface area (Å²) in [4.78, 5) is 17.7. The third-order valence-corrected chi connectivity index (χ3v) is 5.79. The molecule has 6 nitrogen and oxygen atoms in total. The minimum absolute atomic E-state index is 0. The summed E-state index contributed by atoms with van der Waals surface area (Å²) in [6, 6.07) is 11.2. The van der Waals surface area contributed by atoms with Gasteiger partial charge in [-0.15, -0.1) is 0 Å². The van der Waals surface area contributed by atoms with Gasteiger partial charge in [-0.25, -0.2) is 0 Å². The van der Waals surface area contributed by atoms with Crippen LogP contribution >= 0.6 is 0 Å². The van der Waals surface area contributed by atoms with E-state index in [0.29, 0.717) is 23.3 Å². The molecular formula is C27H30F2N6Pd. The second-order valence-electron chi connectivity index (χ2n) is 11.2. The van der Waals surface area contributed by atoms with Crippen LogP contribution in [-0.2, 0) is 36.7 Å². The summed E-state index contributed by atoms with van der Waals surface area (Å²) in [6.45, 7) is 15.8. The van der Waals surface area contributed by atoms with Crippen LogP contribution in [0.2, 0.25) is 0 Å². The van der Waals surface area contributed by atoms with Gasteiger partial charge in [-0.2, -0.15) is 8.78 Å². The Morgan fingerprint density at radius 1 is 0.611 bits per heavy atom. The van der Waals surface area contributed by atoms with E-state index in [2.05, 4.69) is 22.4 Å². The fourth-order valence-corrected chi connectivity index (χ4v) is 3.89. The van der Waals surface area contributed by atoms with E-state index in [1.807, 2.05) is 79.7 Å². The van der Waals surface area contributed by atoms with Gasteiger partial charge in [0.2, 0.25) is 0 Å². The molecular weight excluding hydrogens is 553 g/mol. The molecule has 0 aliphatic rings. The third-order valence-electron chi connectivity index (χ3n) is 5.79. The molecule has 0 aliphatic carbocycles. The van der Waals surface area contributed by atoms with E-state index in [0.717, 1.165) is 11.4 Å². The molecule has 0 amide bonds. The van der Waals surface area contributed by atoms with Crippen molar-refractivity contribution in [1.82, 2.24) is 29.1 Å². The van der Waals surface area contributed by atoms with Gasteiger partial charge in [0, 0.05) is 40.1 Å². The van der Waals surface area contributed by atoms with E-state index >= 15 is 0 Å². The molecule has 36 heavy (non-hydrogen) atoms. The summed E-state index contributed by atoms with van der Waals surface area (Å²) in [5, 5.41) is 0. The van der Waals surface area contributed by atoms with Gasteiger partial charge in [0.15, 0.2) is 11.9 Å². The van der Waals surface area contributed by atoms with Crippen LogP contribution in [0.25, 0.3) is 11.6 Å². The van der Waals surface area contributed by atoms with E-state index in [-0.39, 0.29) is 20.4 Å². The Labute approximate surface area is 224 Å². The molecule has 0 spiro atoms. The molecule has 4 aromatic heterocycles. The minimum Gasteiger partial charge on any atom is -0.447 e. The van der Waals surface area contributed by atoms with Crippen molar-refractivity contribution in [2.75, 3.05) is 0 Å². The summed E-state index contributed by atoms with van der Waals surface area (Å²) in [5.74, 6) is 0.763. The Morgan fingerprint density at radius 2 is 0.972 bits per heavy atom. The number of hydrogen-bond donors (Lipinski definition) is 0. The summed E-state index contributed by atoms with van der Waals surface area (Å²) < 4.78 is 31.3. The number of pyridine rings is 2. The largest absolute Gasteiger partial charge is 2.00 e. The average Bonchev–Trinajstić information content (AvgIpc) is 3.37. The quantitative estimate of drug-likeness (QED) is 0.231. The van der Waals surface area contributed by atoms with Crippen LogP contribution < -0.4 is 0 Å². The van der Waals surface area contributed by atoms with Gasteiger partial charge in [-0.3, -0.25) is 19.9 Å². The van der Waals surface area contributed by atoms with Gasteiger partial charge in [-0.05, 0) is 49.2 Å². The maximum Gasteiger partial charge on any atom is 2.00 e. The van der Waals surface area contributed by atoms with E-state index in [9.17, 15) is 8.78 Å². The zero-order valence-corrected chi connectivity index (χ0v) is 23.3. The first-order chi connectivity index (χ1) is 16.2. The summed E-state index contributed by atoms with van der Waals surface area (Å²) in [5.41, 5.74) is 0.0580. The van der Waals surface area contributed by atoms with Crippen molar-refractivity contribution >= 4 is 0 Å². The Balaban J connectivity index is 0.00000361. The SMILES string of the molecule is CC(C)(C)c1nc(F)[c-]n1-c1cccc(C(C)(C)c2cccc(-n3[c-]c(F)nc3C(C)(C)C)n2)n1.[Pd+2]. The molecule has 192 valence electrons. The van der Waals surface area contributed by atoms with Gasteiger partial charge in [0.1, 0.15) is 0 Å². The summed E-state index contributed by atoms with van der Waals surface area (Å²) >= 11 is 0. The molecule has 4 rings (SSSR count). The first-order valence-electron chi connectivity index (χ1n) is 11.5. The molecule has 0 saturated carbocycles. The van der Waals surface area contributed by atoms with Gasteiger partial charge < -0.3 is 9.13 Å². The standard InChI is InChI=1S/C27H30F2N6.Pd/c1-25(2,3)23-32-19(28)15-34(23)21-13-9-11-17(30-21)27(7,8)18-12-10-14-22(31-18)35-16-20(29)33-24(35)26(4,5)6;/h9-14H,1-8H3;/q-2;+2. The molecule has 9 heteroatoms. The second-order valence-corrected chi connectivity index (χ2v) is 11.2. The Kier molecular flexibility index (Phi) is 7.42. The summed E-state index contributed by atoms with van der Waals surface area (Å²) in [6.07, 6.45) is 5.30. The van der Waals surface area contributed by atoms with Gasteiger partial charge in [0.25, 0.3) is 0 Å². The van der Waals surface area contributed by atoms with Crippen LogP contribution in [-0.4, -0.2) is 29.1 Å². The molecule has 0 aromatic carbocycles. The van der Waals surface area contributed by atoms with Gasteiger partial charge in [0.05, 0.1) is 0 Å². The summed E-state index contributed by atoms with van der Waals surface area (Å²) in [7, 11) is 0. The first kappa shape index (κ1) is 27.8. The second kappa shape index (κ2) is 9.60. The van der Waals surface area contributed by atoms with Crippen molar-refractivity contribution in [2.45, 2.75) is 71.6 Å². The van der Waals surface area contributed by atoms with E-state index < -0.39 is 28.1 Å². The maximum atomic E-state index is 14.1. The Bertz CT molecular complexity index is 1270. The number of imidazole rings is 2. The smallest absolute Gasteiger partial charge is 0.447 e. The fraction of sp³-hybridized carbons (Fsp3) is 0.407. The zero-order valence-electron chi connectivity index (χ0n) is 21.7. The van der Waals surface area contributed by atoms with Crippen molar-refractivity contribution in [3.05, 3.63) is 83.7 Å². The average molecular weight is 583 g/mol. The number of hydrogen-bond acceptors (Lipinski definition) is 4. The van der Waals surface area contributed by atoms with Gasteiger partial charge >= 0.3 is 20.4 Å². The molecule has 4 heterocycles. The number of aromatic nitrogens is 6. The van der Waals surface area contributed by atoms with E-state index in [1.54, 1.807) is 21.3 Å². The van der Waals surface area contributed by atoms with Crippen molar-refractivity contribution < 1.29 is 29.2 Å². The van der Waals surface area contributed by atoms with Crippen LogP contribution in [0, 0.1) is 24.3 Å². The third kappa shape index (κ3) is 5.33. The van der Waals surface area contributed by atoms with E-state index in [4.69, 9.17) is 9.97 Å². The topological polar surface area (TPSA) is 61.4 Å². The van der Waals surface area contributed by atoms with Crippen LogP contribution in [0.15, 0.2) is 36.4 Å². The molecule has 4 aromatic rings. The monoisotopic (exact) mass is 582 g/mol. The predicted molar refractivity (Wildman–Crippen MR) is 130 cm³/mol. The van der Waals surface area contributed by atoms with Crippen LogP contribution in [0.5, 0.6) is 0 Å². The molecule has 0 atom stereocenters. The van der Waals surface area contributed by atoms with Crippen molar-refractivity contribution in [3.63, 3.8) is 0 Å². The first-order valence-corrected chi connectivity index (χ1v) is 11.5. The zero-order chi connectivity index (χ0) is 25.8. The Hall–Kier alpha value is -2.76. The van der Waals surface area contributed by atoms with Crippen molar-refractivity contribution in [3.8, 4) is 11.6 Å². The Morgan fingerprint density at radius 3 is 1.31 bits per heavy atom. The minimum atomic E-state index is -0.672. The molecule has 0 N–H and O–H groups in total. The van der Waals surface area contributed by atoms with E-state index in [1.165, 1.54) is 0 Å². The predicted octanol–water partition coefficient (Wildman–Crippen LogP) is 5.64. The van der Waals surface area contributed by atoms with Crippen molar-refractivity contribution in [1.29, 1.82) is 0 Å². The molecule has 0 radical (unpaired) electrons. The van der Waals surface area contributed by atoms with Crippen LogP contribution in [0.3, 0.4) is 0 Å². The number of halogens is 2. The van der Waals surface area contributed by atoms with Crippen molar-refractivity contribution in [2.24, 2.45) is 0 Å². The molecule has 0 saturated heterocycles. The van der Waals surface area contributed by atoms with Gasteiger partial charge in [-0.1, -0.05) is 65.8 Å². The number of nitrogens with zero attached hydrogens (tertiary/aromatic N) is 6. The number of rotatable bonds is 4. The molecule has 0 aliphatic heterocycles. The van der Waals surface area contributed by atoms with Crippen LogP contribution in [0.4, 0.5) is 8.78 Å². The van der Waals surface area contributed by atoms with Crippen LogP contribution in [0.1, 0.15) is 78.4 Å². The molecule has 0 fully saturated rings. The maximum absolute atomic E-state index is 14.1.